The molecule has 3 aliphatic rings. The van der Waals surface area contributed by atoms with Crippen LogP contribution in [-0.4, -0.2) is 97.9 Å². The number of rotatable bonds is 6. The Balaban J connectivity index is 1.20. The van der Waals surface area contributed by atoms with Crippen molar-refractivity contribution in [2.75, 3.05) is 64.3 Å². The lowest BCUT2D eigenvalue weighted by Gasteiger charge is -2.38. The second-order valence-corrected chi connectivity index (χ2v) is 12.0. The molecule has 1 aromatic rings. The number of nitrogens with one attached hydrogen (secondary N) is 1. The highest BCUT2D eigenvalue weighted by molar-refractivity contribution is 5.88. The molecular weight excluding hydrogens is 473 g/mol. The molecule has 3 heterocycles. The number of likely N-dealkylation sites (tertiary alicyclic amines) is 1. The molecule has 3 aliphatic heterocycles. The molecule has 0 radical (unpaired) electrons. The fourth-order valence-corrected chi connectivity index (χ4v) is 5.91. The second kappa shape index (κ2) is 11.0. The summed E-state index contributed by atoms with van der Waals surface area (Å²) in [5.74, 6) is -0.184. The first-order valence-electron chi connectivity index (χ1n) is 13.5. The predicted octanol–water partition coefficient (Wildman–Crippen LogP) is 2.34. The Bertz CT molecular complexity index is 977. The molecule has 0 unspecified atom stereocenters. The molecule has 0 aliphatic carbocycles. The van der Waals surface area contributed by atoms with Gasteiger partial charge in [-0.2, -0.15) is 0 Å². The van der Waals surface area contributed by atoms with E-state index in [0.717, 1.165) is 51.3 Å². The van der Waals surface area contributed by atoms with Crippen molar-refractivity contribution in [3.8, 4) is 0 Å². The average molecular weight is 516 g/mol. The first kappa shape index (κ1) is 27.4. The lowest BCUT2D eigenvalue weighted by Crippen LogP contribution is -2.50. The standard InChI is InChI=1S/C28H42FN5O3/c1-27(2,3)26(37)31(4)20-24(35)34-13-10-28(11-14-34)19-22(30-25(28)36)9-12-32-15-17-33(18-16-32)23-7-5-21(29)6-8-23/h5-8,22H,9-20H2,1-4H3,(H,30,36)/t22-/m0/s1. The van der Waals surface area contributed by atoms with Crippen molar-refractivity contribution in [2.45, 2.75) is 52.5 Å². The number of carbonyl (C=O) groups is 3. The largest absolute Gasteiger partial charge is 0.369 e. The van der Waals surface area contributed by atoms with Crippen LogP contribution in [0.5, 0.6) is 0 Å². The van der Waals surface area contributed by atoms with Crippen LogP contribution in [0, 0.1) is 16.6 Å². The number of halogens is 1. The number of benzene rings is 1. The minimum absolute atomic E-state index is 0.0512. The predicted molar refractivity (Wildman–Crippen MR) is 142 cm³/mol. The fraction of sp³-hybridized carbons (Fsp3) is 0.679. The first-order chi connectivity index (χ1) is 17.5. The summed E-state index contributed by atoms with van der Waals surface area (Å²) in [6.07, 6.45) is 3.10. The van der Waals surface area contributed by atoms with Gasteiger partial charge in [0.05, 0.1) is 12.0 Å². The second-order valence-electron chi connectivity index (χ2n) is 12.0. The van der Waals surface area contributed by atoms with Gasteiger partial charge in [0.25, 0.3) is 0 Å². The smallest absolute Gasteiger partial charge is 0.242 e. The zero-order valence-electron chi connectivity index (χ0n) is 22.8. The van der Waals surface area contributed by atoms with Gasteiger partial charge in [-0.25, -0.2) is 4.39 Å². The number of piperazine rings is 1. The SMILES string of the molecule is CN(CC(=O)N1CCC2(CC1)C[C@H](CCN1CCN(c3ccc(F)cc3)CC1)NC2=O)C(=O)C(C)(C)C. The molecule has 4 rings (SSSR count). The monoisotopic (exact) mass is 515 g/mol. The molecule has 1 spiro atoms. The molecule has 204 valence electrons. The van der Waals surface area contributed by atoms with Gasteiger partial charge >= 0.3 is 0 Å². The maximum Gasteiger partial charge on any atom is 0.242 e. The Morgan fingerprint density at radius 3 is 2.27 bits per heavy atom. The van der Waals surface area contributed by atoms with Gasteiger partial charge in [0.1, 0.15) is 5.82 Å². The van der Waals surface area contributed by atoms with E-state index in [1.165, 1.54) is 17.0 Å². The van der Waals surface area contributed by atoms with E-state index >= 15 is 0 Å². The molecule has 3 fully saturated rings. The number of amides is 3. The summed E-state index contributed by atoms with van der Waals surface area (Å²) in [7, 11) is 1.68. The third-order valence-corrected chi connectivity index (χ3v) is 8.25. The minimum atomic E-state index is -0.520. The summed E-state index contributed by atoms with van der Waals surface area (Å²) < 4.78 is 13.2. The normalized spacial score (nSPS) is 22.3. The van der Waals surface area contributed by atoms with E-state index < -0.39 is 5.41 Å². The lowest BCUT2D eigenvalue weighted by molar-refractivity contribution is -0.145. The van der Waals surface area contributed by atoms with Gasteiger partial charge in [-0.3, -0.25) is 19.3 Å². The molecule has 3 amide bonds. The van der Waals surface area contributed by atoms with Gasteiger partial charge in [-0.1, -0.05) is 20.8 Å². The molecule has 0 saturated carbocycles. The van der Waals surface area contributed by atoms with E-state index in [1.54, 1.807) is 11.9 Å². The highest BCUT2D eigenvalue weighted by atomic mass is 19.1. The summed E-state index contributed by atoms with van der Waals surface area (Å²) in [6, 6.07) is 6.85. The third kappa shape index (κ3) is 6.43. The highest BCUT2D eigenvalue weighted by Gasteiger charge is 2.48. The number of anilines is 1. The highest BCUT2D eigenvalue weighted by Crippen LogP contribution is 2.41. The van der Waals surface area contributed by atoms with Crippen molar-refractivity contribution in [3.05, 3.63) is 30.1 Å². The maximum absolute atomic E-state index is 13.2. The summed E-state index contributed by atoms with van der Waals surface area (Å²) in [5, 5.41) is 3.23. The van der Waals surface area contributed by atoms with Crippen LogP contribution >= 0.6 is 0 Å². The van der Waals surface area contributed by atoms with Crippen molar-refractivity contribution >= 4 is 23.4 Å². The molecule has 3 saturated heterocycles. The maximum atomic E-state index is 13.2. The number of hydrogen-bond donors (Lipinski definition) is 1. The van der Waals surface area contributed by atoms with Crippen molar-refractivity contribution in [2.24, 2.45) is 10.8 Å². The number of piperidine rings is 1. The number of nitrogens with zero attached hydrogens (tertiary/aromatic N) is 4. The average Bonchev–Trinajstić information content (AvgIpc) is 3.17. The quantitative estimate of drug-likeness (QED) is 0.630. The van der Waals surface area contributed by atoms with Crippen LogP contribution in [0.25, 0.3) is 0 Å². The molecule has 1 aromatic carbocycles. The van der Waals surface area contributed by atoms with Gasteiger partial charge in [0.2, 0.25) is 17.7 Å². The van der Waals surface area contributed by atoms with E-state index in [1.807, 2.05) is 32.9 Å². The fourth-order valence-electron chi connectivity index (χ4n) is 5.91. The topological polar surface area (TPSA) is 76.2 Å². The van der Waals surface area contributed by atoms with Crippen molar-refractivity contribution in [1.82, 2.24) is 20.0 Å². The Morgan fingerprint density at radius 1 is 1.05 bits per heavy atom. The van der Waals surface area contributed by atoms with Crippen molar-refractivity contribution in [1.29, 1.82) is 0 Å². The van der Waals surface area contributed by atoms with E-state index in [-0.39, 0.29) is 41.5 Å². The van der Waals surface area contributed by atoms with Crippen LogP contribution in [0.3, 0.4) is 0 Å². The minimum Gasteiger partial charge on any atom is -0.369 e. The molecule has 1 N–H and O–H groups in total. The number of likely N-dealkylation sites (N-methyl/N-ethyl adjacent to an activating group) is 1. The zero-order valence-corrected chi connectivity index (χ0v) is 22.8. The molecule has 0 aromatic heterocycles. The zero-order chi connectivity index (χ0) is 26.8. The van der Waals surface area contributed by atoms with Crippen LogP contribution < -0.4 is 10.2 Å². The third-order valence-electron chi connectivity index (χ3n) is 8.25. The lowest BCUT2D eigenvalue weighted by atomic mass is 9.75. The summed E-state index contributed by atoms with van der Waals surface area (Å²) in [4.78, 5) is 46.2. The van der Waals surface area contributed by atoms with Crippen molar-refractivity contribution < 1.29 is 18.8 Å². The van der Waals surface area contributed by atoms with Crippen molar-refractivity contribution in [3.63, 3.8) is 0 Å². The summed E-state index contributed by atoms with van der Waals surface area (Å²) in [6.45, 7) is 11.4. The van der Waals surface area contributed by atoms with Crippen LogP contribution in [-0.2, 0) is 14.4 Å². The molecule has 1 atom stereocenters. The number of carbonyl (C=O) groups excluding carboxylic acids is 3. The Hall–Kier alpha value is -2.68. The van der Waals surface area contributed by atoms with E-state index in [4.69, 9.17) is 0 Å². The van der Waals surface area contributed by atoms with Crippen LogP contribution in [0.1, 0.15) is 46.5 Å². The Morgan fingerprint density at radius 2 is 1.68 bits per heavy atom. The molecule has 9 heteroatoms. The van der Waals surface area contributed by atoms with Gasteiger partial charge in [-0.15, -0.1) is 0 Å². The van der Waals surface area contributed by atoms with Gasteiger partial charge in [-0.05, 0) is 49.9 Å². The van der Waals surface area contributed by atoms with Crippen LogP contribution in [0.2, 0.25) is 0 Å². The Labute approximate surface area is 220 Å². The van der Waals surface area contributed by atoms with Crippen LogP contribution in [0.4, 0.5) is 10.1 Å². The van der Waals surface area contributed by atoms with Gasteiger partial charge in [0.15, 0.2) is 0 Å². The molecule has 8 nitrogen and oxygen atoms in total. The van der Waals surface area contributed by atoms with E-state index in [9.17, 15) is 18.8 Å². The molecule has 0 bridgehead atoms. The van der Waals surface area contributed by atoms with E-state index in [0.29, 0.717) is 25.9 Å². The first-order valence-corrected chi connectivity index (χ1v) is 13.5. The van der Waals surface area contributed by atoms with Gasteiger partial charge in [0, 0.05) is 70.0 Å². The van der Waals surface area contributed by atoms with Gasteiger partial charge < -0.3 is 20.0 Å². The summed E-state index contributed by atoms with van der Waals surface area (Å²) >= 11 is 0. The van der Waals surface area contributed by atoms with E-state index in [2.05, 4.69) is 15.1 Å². The number of hydrogen-bond acceptors (Lipinski definition) is 5. The Kier molecular flexibility index (Phi) is 8.11. The molecular formula is C28H42FN5O3. The summed E-state index contributed by atoms with van der Waals surface area (Å²) in [5.41, 5.74) is 0.160. The van der Waals surface area contributed by atoms with Crippen LogP contribution in [0.15, 0.2) is 24.3 Å². The molecule has 37 heavy (non-hydrogen) atoms.